The van der Waals surface area contributed by atoms with Crippen LogP contribution in [0, 0.1) is 6.92 Å². The SMILES string of the molecule is Cc1cccnc1C1CCCC(=O)C1. The first-order valence-corrected chi connectivity index (χ1v) is 5.20. The molecule has 2 rings (SSSR count). The summed E-state index contributed by atoms with van der Waals surface area (Å²) >= 11 is 0. The summed E-state index contributed by atoms with van der Waals surface area (Å²) in [5, 5.41) is 0. The maximum Gasteiger partial charge on any atom is 0.133 e. The summed E-state index contributed by atoms with van der Waals surface area (Å²) in [5.41, 5.74) is 2.34. The molecular weight excluding hydrogens is 174 g/mol. The highest BCUT2D eigenvalue weighted by atomic mass is 16.1. The molecule has 1 aromatic heterocycles. The van der Waals surface area contributed by atoms with Gasteiger partial charge in [-0.1, -0.05) is 6.07 Å². The minimum Gasteiger partial charge on any atom is -0.300 e. The number of carbonyl (C=O) groups is 1. The van der Waals surface area contributed by atoms with Crippen LogP contribution in [0.1, 0.15) is 42.9 Å². The molecule has 1 fully saturated rings. The number of carbonyl (C=O) groups excluding carboxylic acids is 1. The summed E-state index contributed by atoms with van der Waals surface area (Å²) in [6.45, 7) is 2.07. The zero-order valence-corrected chi connectivity index (χ0v) is 8.49. The molecule has 0 amide bonds. The van der Waals surface area contributed by atoms with E-state index in [2.05, 4.69) is 18.0 Å². The zero-order chi connectivity index (χ0) is 9.97. The van der Waals surface area contributed by atoms with E-state index in [-0.39, 0.29) is 0 Å². The second-order valence-electron chi connectivity index (χ2n) is 4.04. The topological polar surface area (TPSA) is 30.0 Å². The third-order valence-corrected chi connectivity index (χ3v) is 2.92. The molecule has 1 unspecified atom stereocenters. The van der Waals surface area contributed by atoms with Crippen LogP contribution in [0.25, 0.3) is 0 Å². The van der Waals surface area contributed by atoms with Crippen molar-refractivity contribution in [3.05, 3.63) is 29.6 Å². The first kappa shape index (κ1) is 9.38. The van der Waals surface area contributed by atoms with Crippen molar-refractivity contribution in [1.82, 2.24) is 4.98 Å². The van der Waals surface area contributed by atoms with Crippen LogP contribution in [0.5, 0.6) is 0 Å². The van der Waals surface area contributed by atoms with E-state index in [1.807, 2.05) is 12.3 Å². The van der Waals surface area contributed by atoms with Crippen LogP contribution in [-0.4, -0.2) is 10.8 Å². The average molecular weight is 189 g/mol. The lowest BCUT2D eigenvalue weighted by molar-refractivity contribution is -0.120. The van der Waals surface area contributed by atoms with Crippen LogP contribution < -0.4 is 0 Å². The van der Waals surface area contributed by atoms with Gasteiger partial charge in [-0.15, -0.1) is 0 Å². The molecule has 0 bridgehead atoms. The van der Waals surface area contributed by atoms with E-state index in [4.69, 9.17) is 0 Å². The summed E-state index contributed by atoms with van der Waals surface area (Å²) in [6.07, 6.45) is 5.42. The van der Waals surface area contributed by atoms with Crippen molar-refractivity contribution < 1.29 is 4.79 Å². The molecule has 0 aromatic carbocycles. The Hall–Kier alpha value is -1.18. The number of nitrogens with zero attached hydrogens (tertiary/aromatic N) is 1. The van der Waals surface area contributed by atoms with E-state index in [0.717, 1.165) is 25.0 Å². The number of pyridine rings is 1. The summed E-state index contributed by atoms with van der Waals surface area (Å²) in [5.74, 6) is 0.767. The minimum absolute atomic E-state index is 0.373. The van der Waals surface area contributed by atoms with E-state index >= 15 is 0 Å². The van der Waals surface area contributed by atoms with Gasteiger partial charge in [-0.3, -0.25) is 9.78 Å². The molecule has 1 saturated carbocycles. The van der Waals surface area contributed by atoms with Crippen LogP contribution in [0.4, 0.5) is 0 Å². The lowest BCUT2D eigenvalue weighted by atomic mass is 9.84. The second-order valence-corrected chi connectivity index (χ2v) is 4.04. The van der Waals surface area contributed by atoms with Crippen LogP contribution >= 0.6 is 0 Å². The quantitative estimate of drug-likeness (QED) is 0.679. The summed E-state index contributed by atoms with van der Waals surface area (Å²) in [6, 6.07) is 4.02. The molecule has 74 valence electrons. The average Bonchev–Trinajstić information content (AvgIpc) is 2.18. The van der Waals surface area contributed by atoms with Crippen LogP contribution in [0.2, 0.25) is 0 Å². The number of Topliss-reactive ketones (excluding diaryl/α,β-unsaturated/α-hetero) is 1. The van der Waals surface area contributed by atoms with Crippen LogP contribution in [-0.2, 0) is 4.79 Å². The third-order valence-electron chi connectivity index (χ3n) is 2.92. The van der Waals surface area contributed by atoms with E-state index < -0.39 is 0 Å². The van der Waals surface area contributed by atoms with E-state index in [1.165, 1.54) is 5.56 Å². The fourth-order valence-electron chi connectivity index (χ4n) is 2.18. The predicted molar refractivity (Wildman–Crippen MR) is 55.2 cm³/mol. The highest BCUT2D eigenvalue weighted by Crippen LogP contribution is 2.30. The Labute approximate surface area is 84.4 Å². The molecular formula is C12H15NO. The first-order chi connectivity index (χ1) is 6.77. The summed E-state index contributed by atoms with van der Waals surface area (Å²) < 4.78 is 0. The highest BCUT2D eigenvalue weighted by Gasteiger charge is 2.22. The number of hydrogen-bond acceptors (Lipinski definition) is 2. The van der Waals surface area contributed by atoms with Gasteiger partial charge in [-0.05, 0) is 31.4 Å². The van der Waals surface area contributed by atoms with Gasteiger partial charge < -0.3 is 0 Å². The molecule has 0 N–H and O–H groups in total. The van der Waals surface area contributed by atoms with Gasteiger partial charge in [0, 0.05) is 30.7 Å². The van der Waals surface area contributed by atoms with Crippen LogP contribution in [0.15, 0.2) is 18.3 Å². The summed E-state index contributed by atoms with van der Waals surface area (Å²) in [4.78, 5) is 15.7. The Kier molecular flexibility index (Phi) is 2.62. The van der Waals surface area contributed by atoms with Gasteiger partial charge in [0.15, 0.2) is 0 Å². The molecule has 14 heavy (non-hydrogen) atoms. The highest BCUT2D eigenvalue weighted by molar-refractivity contribution is 5.80. The Bertz CT molecular complexity index is 346. The van der Waals surface area contributed by atoms with Gasteiger partial charge in [0.05, 0.1) is 0 Å². The standard InChI is InChI=1S/C12H15NO/c1-9-4-3-7-13-12(9)10-5-2-6-11(14)8-10/h3-4,7,10H,2,5-6,8H2,1H3. The molecule has 1 aliphatic carbocycles. The Balaban J connectivity index is 2.22. The molecule has 1 aromatic rings. The lowest BCUT2D eigenvalue weighted by Gasteiger charge is -2.21. The number of aryl methyl sites for hydroxylation is 1. The van der Waals surface area contributed by atoms with Gasteiger partial charge in [-0.2, -0.15) is 0 Å². The Morgan fingerprint density at radius 3 is 3.07 bits per heavy atom. The second kappa shape index (κ2) is 3.91. The van der Waals surface area contributed by atoms with Gasteiger partial charge in [-0.25, -0.2) is 0 Å². The number of aromatic nitrogens is 1. The zero-order valence-electron chi connectivity index (χ0n) is 8.49. The first-order valence-electron chi connectivity index (χ1n) is 5.20. The maximum atomic E-state index is 11.3. The largest absolute Gasteiger partial charge is 0.300 e. The molecule has 2 nitrogen and oxygen atoms in total. The molecule has 0 aliphatic heterocycles. The van der Waals surface area contributed by atoms with Crippen molar-refractivity contribution in [3.8, 4) is 0 Å². The molecule has 1 atom stereocenters. The van der Waals surface area contributed by atoms with Gasteiger partial charge in [0.1, 0.15) is 5.78 Å². The maximum absolute atomic E-state index is 11.3. The van der Waals surface area contributed by atoms with E-state index in [0.29, 0.717) is 18.1 Å². The third kappa shape index (κ3) is 1.84. The minimum atomic E-state index is 0.373. The van der Waals surface area contributed by atoms with Crippen molar-refractivity contribution >= 4 is 5.78 Å². The van der Waals surface area contributed by atoms with Gasteiger partial charge in [0.2, 0.25) is 0 Å². The fourth-order valence-corrected chi connectivity index (χ4v) is 2.18. The molecule has 1 heterocycles. The smallest absolute Gasteiger partial charge is 0.133 e. The lowest BCUT2D eigenvalue weighted by Crippen LogP contribution is -2.15. The molecule has 0 spiro atoms. The normalized spacial score (nSPS) is 22.4. The molecule has 1 aliphatic rings. The van der Waals surface area contributed by atoms with Crippen LogP contribution in [0.3, 0.4) is 0 Å². The predicted octanol–water partition coefficient (Wildman–Crippen LogP) is 2.62. The van der Waals surface area contributed by atoms with Crippen molar-refractivity contribution in [1.29, 1.82) is 0 Å². The molecule has 0 radical (unpaired) electrons. The Morgan fingerprint density at radius 2 is 2.36 bits per heavy atom. The number of ketones is 1. The number of hydrogen-bond donors (Lipinski definition) is 0. The van der Waals surface area contributed by atoms with Crippen molar-refractivity contribution in [2.45, 2.75) is 38.5 Å². The monoisotopic (exact) mass is 189 g/mol. The molecule has 0 saturated heterocycles. The number of rotatable bonds is 1. The van der Waals surface area contributed by atoms with Gasteiger partial charge >= 0.3 is 0 Å². The van der Waals surface area contributed by atoms with E-state index in [9.17, 15) is 4.79 Å². The molecule has 2 heteroatoms. The van der Waals surface area contributed by atoms with E-state index in [1.54, 1.807) is 0 Å². The Morgan fingerprint density at radius 1 is 1.50 bits per heavy atom. The summed E-state index contributed by atoms with van der Waals surface area (Å²) in [7, 11) is 0. The van der Waals surface area contributed by atoms with Crippen molar-refractivity contribution in [2.75, 3.05) is 0 Å². The van der Waals surface area contributed by atoms with Gasteiger partial charge in [0.25, 0.3) is 0 Å². The van der Waals surface area contributed by atoms with Crippen molar-refractivity contribution in [3.63, 3.8) is 0 Å². The van der Waals surface area contributed by atoms with Crippen molar-refractivity contribution in [2.24, 2.45) is 0 Å². The fraction of sp³-hybridized carbons (Fsp3) is 0.500.